The van der Waals surface area contributed by atoms with E-state index in [1.54, 1.807) is 35.2 Å². The Morgan fingerprint density at radius 1 is 1.00 bits per heavy atom. The zero-order valence-electron chi connectivity index (χ0n) is 16.8. The fourth-order valence-corrected chi connectivity index (χ4v) is 3.46. The van der Waals surface area contributed by atoms with Crippen molar-refractivity contribution in [3.8, 4) is 11.3 Å². The van der Waals surface area contributed by atoms with E-state index in [0.717, 1.165) is 22.8 Å². The molecule has 0 fully saturated rings. The summed E-state index contributed by atoms with van der Waals surface area (Å²) in [5.41, 5.74) is 3.07. The minimum Gasteiger partial charge on any atom is -0.340 e. The number of hydrogen-bond donors (Lipinski definition) is 1. The second-order valence-electron chi connectivity index (χ2n) is 7.50. The predicted molar refractivity (Wildman–Crippen MR) is 112 cm³/mol. The monoisotopic (exact) mass is 408 g/mol. The van der Waals surface area contributed by atoms with Crippen LogP contribution in [-0.2, 0) is 17.9 Å². The van der Waals surface area contributed by atoms with Gasteiger partial charge in [-0.15, -0.1) is 0 Å². The Kier molecular flexibility index (Phi) is 5.35. The number of amides is 1. The summed E-state index contributed by atoms with van der Waals surface area (Å²) in [5, 5.41) is 3.32. The maximum absolute atomic E-state index is 13.4. The fourth-order valence-electron chi connectivity index (χ4n) is 3.46. The highest BCUT2D eigenvalue weighted by Gasteiger charge is 2.26. The Morgan fingerprint density at radius 3 is 2.27 bits per heavy atom. The summed E-state index contributed by atoms with van der Waals surface area (Å²) in [6, 6.07) is 12.2. The smallest absolute Gasteiger partial charge is 0.246 e. The first-order valence-electron chi connectivity index (χ1n) is 9.72. The highest BCUT2D eigenvalue weighted by atomic mass is 19.1. The van der Waals surface area contributed by atoms with Crippen molar-refractivity contribution in [2.45, 2.75) is 26.9 Å². The molecule has 3 aromatic rings. The number of carbonyl (C=O) groups excluding carboxylic acids is 1. The third kappa shape index (κ3) is 4.10. The van der Waals surface area contributed by atoms with Gasteiger partial charge in [0.15, 0.2) is 0 Å². The van der Waals surface area contributed by atoms with E-state index in [1.807, 2.05) is 18.4 Å². The number of aromatic nitrogens is 2. The van der Waals surface area contributed by atoms with Crippen molar-refractivity contribution in [1.29, 1.82) is 0 Å². The minimum absolute atomic E-state index is 0.0411. The van der Waals surface area contributed by atoms with Crippen molar-refractivity contribution in [3.05, 3.63) is 77.6 Å². The third-order valence-electron chi connectivity index (χ3n) is 4.92. The summed E-state index contributed by atoms with van der Waals surface area (Å²) in [7, 11) is 0. The molecule has 2 heterocycles. The topological polar surface area (TPSA) is 50.2 Å². The van der Waals surface area contributed by atoms with Crippen LogP contribution in [-0.4, -0.2) is 26.9 Å². The molecule has 1 aromatic heterocycles. The number of nitrogens with zero attached hydrogens (tertiary/aromatic N) is 3. The van der Waals surface area contributed by atoms with E-state index >= 15 is 0 Å². The van der Waals surface area contributed by atoms with Crippen molar-refractivity contribution in [3.63, 3.8) is 0 Å². The van der Waals surface area contributed by atoms with Crippen molar-refractivity contribution in [1.82, 2.24) is 14.5 Å². The van der Waals surface area contributed by atoms with Crippen LogP contribution in [0.25, 0.3) is 11.3 Å². The highest BCUT2D eigenvalue weighted by molar-refractivity contribution is 5.88. The van der Waals surface area contributed by atoms with Crippen LogP contribution in [0.15, 0.2) is 60.2 Å². The molecule has 0 bridgehead atoms. The SMILES string of the molecule is CC(C)=CC(=O)N1CCn2c(nc(-c3ccc(F)cc3)c2Nc2ccc(F)cc2)C1. The number of halogens is 2. The van der Waals surface area contributed by atoms with Crippen LogP contribution >= 0.6 is 0 Å². The van der Waals surface area contributed by atoms with Gasteiger partial charge in [0.25, 0.3) is 0 Å². The zero-order chi connectivity index (χ0) is 21.3. The standard InChI is InChI=1S/C23H22F2N4O/c1-15(2)13-21(30)28-11-12-29-20(14-28)27-22(16-3-5-17(24)6-4-16)23(29)26-19-9-7-18(25)8-10-19/h3-10,13,26H,11-12,14H2,1-2H3. The molecule has 4 rings (SSSR count). The van der Waals surface area contributed by atoms with Gasteiger partial charge in [-0.2, -0.15) is 0 Å². The van der Waals surface area contributed by atoms with E-state index in [9.17, 15) is 13.6 Å². The van der Waals surface area contributed by atoms with Gasteiger partial charge in [0.2, 0.25) is 5.91 Å². The normalized spacial score (nSPS) is 13.0. The number of allylic oxidation sites excluding steroid dienone is 1. The molecule has 1 aliphatic rings. The molecule has 154 valence electrons. The van der Waals surface area contributed by atoms with Gasteiger partial charge in [-0.3, -0.25) is 4.79 Å². The second kappa shape index (κ2) is 8.10. The number of carbonyl (C=O) groups is 1. The van der Waals surface area contributed by atoms with E-state index in [4.69, 9.17) is 4.98 Å². The minimum atomic E-state index is -0.325. The van der Waals surface area contributed by atoms with Crippen LogP contribution in [0.2, 0.25) is 0 Å². The van der Waals surface area contributed by atoms with Gasteiger partial charge in [0, 0.05) is 30.4 Å². The van der Waals surface area contributed by atoms with Crippen LogP contribution in [0, 0.1) is 11.6 Å². The Morgan fingerprint density at radius 2 is 1.63 bits per heavy atom. The lowest BCUT2D eigenvalue weighted by Crippen LogP contribution is -2.37. The van der Waals surface area contributed by atoms with Crippen molar-refractivity contribution in [2.75, 3.05) is 11.9 Å². The Bertz CT molecular complexity index is 1100. The summed E-state index contributed by atoms with van der Waals surface area (Å²) in [6.07, 6.45) is 1.62. The quantitative estimate of drug-likeness (QED) is 0.626. The molecule has 0 aliphatic carbocycles. The van der Waals surface area contributed by atoms with E-state index in [-0.39, 0.29) is 17.5 Å². The highest BCUT2D eigenvalue weighted by Crippen LogP contribution is 2.33. The number of benzene rings is 2. The van der Waals surface area contributed by atoms with E-state index in [1.165, 1.54) is 24.3 Å². The second-order valence-corrected chi connectivity index (χ2v) is 7.50. The van der Waals surface area contributed by atoms with E-state index < -0.39 is 0 Å². The maximum atomic E-state index is 13.4. The molecule has 30 heavy (non-hydrogen) atoms. The fraction of sp³-hybridized carbons (Fsp3) is 0.217. The molecular formula is C23H22F2N4O. The van der Waals surface area contributed by atoms with Crippen LogP contribution in [0.5, 0.6) is 0 Å². The van der Waals surface area contributed by atoms with E-state index in [2.05, 4.69) is 5.32 Å². The van der Waals surface area contributed by atoms with Crippen LogP contribution < -0.4 is 5.32 Å². The number of nitrogens with one attached hydrogen (secondary N) is 1. The van der Waals surface area contributed by atoms with Crippen molar-refractivity contribution in [2.24, 2.45) is 0 Å². The van der Waals surface area contributed by atoms with Crippen LogP contribution in [0.3, 0.4) is 0 Å². The molecule has 0 unspecified atom stereocenters. The van der Waals surface area contributed by atoms with Gasteiger partial charge < -0.3 is 14.8 Å². The summed E-state index contributed by atoms with van der Waals surface area (Å²) >= 11 is 0. The number of rotatable bonds is 4. The lowest BCUT2D eigenvalue weighted by atomic mass is 10.1. The summed E-state index contributed by atoms with van der Waals surface area (Å²) in [6.45, 7) is 5.27. The van der Waals surface area contributed by atoms with Gasteiger partial charge in [-0.25, -0.2) is 13.8 Å². The molecule has 5 nitrogen and oxygen atoms in total. The van der Waals surface area contributed by atoms with E-state index in [0.29, 0.717) is 31.0 Å². The third-order valence-corrected chi connectivity index (χ3v) is 4.92. The molecule has 7 heteroatoms. The summed E-state index contributed by atoms with van der Waals surface area (Å²) in [4.78, 5) is 19.0. The van der Waals surface area contributed by atoms with Gasteiger partial charge in [-0.1, -0.05) is 5.57 Å². The average molecular weight is 408 g/mol. The predicted octanol–water partition coefficient (Wildman–Crippen LogP) is 4.88. The summed E-state index contributed by atoms with van der Waals surface area (Å²) in [5.74, 6) is 0.788. The zero-order valence-corrected chi connectivity index (χ0v) is 16.8. The first-order valence-corrected chi connectivity index (χ1v) is 9.72. The molecule has 0 saturated carbocycles. The Hall–Kier alpha value is -3.48. The molecule has 0 spiro atoms. The Balaban J connectivity index is 1.73. The molecule has 0 atom stereocenters. The maximum Gasteiger partial charge on any atom is 0.246 e. The summed E-state index contributed by atoms with van der Waals surface area (Å²) < 4.78 is 28.8. The number of imidazole rings is 1. The van der Waals surface area contributed by atoms with Gasteiger partial charge >= 0.3 is 0 Å². The van der Waals surface area contributed by atoms with Gasteiger partial charge in [0.05, 0.1) is 6.54 Å². The molecular weight excluding hydrogens is 386 g/mol. The van der Waals surface area contributed by atoms with Crippen LogP contribution in [0.1, 0.15) is 19.7 Å². The first kappa shape index (κ1) is 19.8. The number of fused-ring (bicyclic) bond motifs is 1. The number of anilines is 2. The lowest BCUT2D eigenvalue weighted by Gasteiger charge is -2.28. The molecule has 0 radical (unpaired) electrons. The average Bonchev–Trinajstić information content (AvgIpc) is 3.07. The molecule has 2 aromatic carbocycles. The molecule has 1 aliphatic heterocycles. The molecule has 1 N–H and O–H groups in total. The molecule has 0 saturated heterocycles. The van der Waals surface area contributed by atoms with Gasteiger partial charge in [-0.05, 0) is 62.4 Å². The first-order chi connectivity index (χ1) is 14.4. The lowest BCUT2D eigenvalue weighted by molar-refractivity contribution is -0.127. The molecule has 1 amide bonds. The number of hydrogen-bond acceptors (Lipinski definition) is 3. The Labute approximate surface area is 173 Å². The van der Waals surface area contributed by atoms with Gasteiger partial charge in [0.1, 0.15) is 29.0 Å². The van der Waals surface area contributed by atoms with Crippen molar-refractivity contribution >= 4 is 17.4 Å². The van der Waals surface area contributed by atoms with Crippen LogP contribution in [0.4, 0.5) is 20.3 Å². The van der Waals surface area contributed by atoms with Crippen molar-refractivity contribution < 1.29 is 13.6 Å². The largest absolute Gasteiger partial charge is 0.340 e.